The van der Waals surface area contributed by atoms with Crippen molar-refractivity contribution >= 4 is 11.8 Å². The predicted octanol–water partition coefficient (Wildman–Crippen LogP) is 1.31. The van der Waals surface area contributed by atoms with Crippen LogP contribution in [0.3, 0.4) is 0 Å². The Hall–Kier alpha value is -3.48. The zero-order valence-electron chi connectivity index (χ0n) is 13.4. The number of hydrogen-bond acceptors (Lipinski definition) is 4. The summed E-state index contributed by atoms with van der Waals surface area (Å²) in [6.45, 7) is 0.218. The molecule has 0 aliphatic carbocycles. The van der Waals surface area contributed by atoms with Crippen LogP contribution in [0.1, 0.15) is 15.9 Å². The smallest absolute Gasteiger partial charge is 0.251 e. The summed E-state index contributed by atoms with van der Waals surface area (Å²) in [5, 5.41) is 5.38. The molecule has 0 atom stereocenters. The van der Waals surface area contributed by atoms with E-state index >= 15 is 0 Å². The largest absolute Gasteiger partial charge is 0.350 e. The molecule has 0 saturated carbocycles. The predicted molar refractivity (Wildman–Crippen MR) is 92.0 cm³/mol. The minimum Gasteiger partial charge on any atom is -0.350 e. The highest BCUT2D eigenvalue weighted by Crippen LogP contribution is 2.10. The molecule has 0 fully saturated rings. The average molecular weight is 335 g/mol. The van der Waals surface area contributed by atoms with Crippen LogP contribution in [-0.4, -0.2) is 32.9 Å². The van der Waals surface area contributed by atoms with E-state index in [9.17, 15) is 9.59 Å². The summed E-state index contributed by atoms with van der Waals surface area (Å²) in [5.74, 6) is 0.148. The number of amides is 2. The summed E-state index contributed by atoms with van der Waals surface area (Å²) >= 11 is 0. The van der Waals surface area contributed by atoms with Gasteiger partial charge in [-0.05, 0) is 18.2 Å². The average Bonchev–Trinajstić information content (AvgIpc) is 3.20. The van der Waals surface area contributed by atoms with Gasteiger partial charge in [0.1, 0.15) is 12.1 Å². The van der Waals surface area contributed by atoms with Gasteiger partial charge in [0, 0.05) is 36.3 Å². The summed E-state index contributed by atoms with van der Waals surface area (Å²) in [5.41, 5.74) is 1.37. The number of nitrogens with zero attached hydrogens (tertiary/aromatic N) is 3. The van der Waals surface area contributed by atoms with Crippen LogP contribution in [0.5, 0.6) is 0 Å². The molecule has 0 saturated heterocycles. The molecule has 7 nitrogen and oxygen atoms in total. The first-order valence-corrected chi connectivity index (χ1v) is 7.76. The number of rotatable bonds is 6. The lowest BCUT2D eigenvalue weighted by Gasteiger charge is -2.10. The van der Waals surface area contributed by atoms with E-state index in [1.54, 1.807) is 59.8 Å². The lowest BCUT2D eigenvalue weighted by molar-refractivity contribution is -0.120. The van der Waals surface area contributed by atoms with Gasteiger partial charge in [0.2, 0.25) is 5.91 Å². The van der Waals surface area contributed by atoms with Crippen molar-refractivity contribution in [2.45, 2.75) is 6.54 Å². The van der Waals surface area contributed by atoms with Gasteiger partial charge >= 0.3 is 0 Å². The highest BCUT2D eigenvalue weighted by atomic mass is 16.2. The molecule has 2 aromatic heterocycles. The third-order valence-electron chi connectivity index (χ3n) is 3.54. The molecule has 3 rings (SSSR count). The zero-order valence-corrected chi connectivity index (χ0v) is 13.4. The van der Waals surface area contributed by atoms with Gasteiger partial charge in [-0.2, -0.15) is 0 Å². The summed E-state index contributed by atoms with van der Waals surface area (Å²) < 4.78 is 1.78. The molecule has 3 aromatic rings. The molecule has 7 heteroatoms. The minimum absolute atomic E-state index is 0.0889. The van der Waals surface area contributed by atoms with Gasteiger partial charge in [-0.25, -0.2) is 9.97 Å². The fraction of sp³-hybridized carbons (Fsp3) is 0.111. The van der Waals surface area contributed by atoms with Crippen molar-refractivity contribution in [1.29, 1.82) is 0 Å². The van der Waals surface area contributed by atoms with Gasteiger partial charge in [-0.1, -0.05) is 24.3 Å². The zero-order chi connectivity index (χ0) is 17.5. The highest BCUT2D eigenvalue weighted by molar-refractivity contribution is 5.96. The van der Waals surface area contributed by atoms with E-state index in [4.69, 9.17) is 0 Å². The molecule has 2 amide bonds. The topological polar surface area (TPSA) is 88.9 Å². The summed E-state index contributed by atoms with van der Waals surface area (Å²) in [4.78, 5) is 32.2. The second-order valence-electron chi connectivity index (χ2n) is 5.28. The molecule has 0 bridgehead atoms. The van der Waals surface area contributed by atoms with E-state index < -0.39 is 0 Å². The Balaban J connectivity index is 1.54. The quantitative estimate of drug-likeness (QED) is 0.711. The van der Waals surface area contributed by atoms with E-state index in [1.807, 2.05) is 12.1 Å². The number of carbonyl (C=O) groups excluding carboxylic acids is 2. The van der Waals surface area contributed by atoms with Gasteiger partial charge in [0.05, 0.1) is 6.54 Å². The van der Waals surface area contributed by atoms with Crippen LogP contribution < -0.4 is 10.6 Å². The fourth-order valence-corrected chi connectivity index (χ4v) is 2.29. The molecular weight excluding hydrogens is 318 g/mol. The van der Waals surface area contributed by atoms with Crippen LogP contribution in [0.4, 0.5) is 0 Å². The van der Waals surface area contributed by atoms with Crippen molar-refractivity contribution in [3.05, 3.63) is 78.5 Å². The Morgan fingerprint density at radius 1 is 1.00 bits per heavy atom. The van der Waals surface area contributed by atoms with Crippen molar-refractivity contribution in [2.24, 2.45) is 0 Å². The third-order valence-corrected chi connectivity index (χ3v) is 3.54. The van der Waals surface area contributed by atoms with E-state index in [1.165, 1.54) is 0 Å². The van der Waals surface area contributed by atoms with Crippen LogP contribution >= 0.6 is 0 Å². The number of nitrogens with one attached hydrogen (secondary N) is 2. The van der Waals surface area contributed by atoms with Gasteiger partial charge in [-0.15, -0.1) is 0 Å². The Morgan fingerprint density at radius 2 is 1.84 bits per heavy atom. The van der Waals surface area contributed by atoms with Crippen LogP contribution in [0.25, 0.3) is 5.82 Å². The molecule has 2 heterocycles. The first-order chi connectivity index (χ1) is 12.2. The summed E-state index contributed by atoms with van der Waals surface area (Å²) in [6, 6.07) is 12.4. The lowest BCUT2D eigenvalue weighted by Crippen LogP contribution is -2.36. The van der Waals surface area contributed by atoms with Crippen LogP contribution in [-0.2, 0) is 11.3 Å². The number of imidazole rings is 1. The first kappa shape index (κ1) is 16.4. The number of hydrogen-bond donors (Lipinski definition) is 2. The number of pyridine rings is 1. The SMILES string of the molecule is O=C(CNC(=O)c1ccccc1)NCc1cccnc1-n1ccnc1. The van der Waals surface area contributed by atoms with E-state index in [-0.39, 0.29) is 18.4 Å². The maximum atomic E-state index is 12.0. The minimum atomic E-state index is -0.281. The second kappa shape index (κ2) is 7.87. The van der Waals surface area contributed by atoms with Gasteiger partial charge in [0.15, 0.2) is 0 Å². The molecule has 0 unspecified atom stereocenters. The van der Waals surface area contributed by atoms with E-state index in [2.05, 4.69) is 20.6 Å². The molecule has 0 aliphatic rings. The molecule has 0 spiro atoms. The summed E-state index contributed by atoms with van der Waals surface area (Å²) in [6.07, 6.45) is 6.78. The molecule has 126 valence electrons. The Morgan fingerprint density at radius 3 is 2.60 bits per heavy atom. The molecule has 25 heavy (non-hydrogen) atoms. The lowest BCUT2D eigenvalue weighted by atomic mass is 10.2. The van der Waals surface area contributed by atoms with Crippen molar-refractivity contribution in [1.82, 2.24) is 25.2 Å². The second-order valence-corrected chi connectivity index (χ2v) is 5.28. The van der Waals surface area contributed by atoms with Gasteiger partial charge in [0.25, 0.3) is 5.91 Å². The third kappa shape index (κ3) is 4.29. The maximum Gasteiger partial charge on any atom is 0.251 e. The molecule has 2 N–H and O–H groups in total. The Labute approximate surface area is 144 Å². The number of benzene rings is 1. The van der Waals surface area contributed by atoms with Gasteiger partial charge < -0.3 is 10.6 Å². The highest BCUT2D eigenvalue weighted by Gasteiger charge is 2.09. The molecular formula is C18H17N5O2. The van der Waals surface area contributed by atoms with Crippen LogP contribution in [0.15, 0.2) is 67.4 Å². The van der Waals surface area contributed by atoms with Crippen molar-refractivity contribution in [3.63, 3.8) is 0 Å². The van der Waals surface area contributed by atoms with Crippen molar-refractivity contribution < 1.29 is 9.59 Å². The van der Waals surface area contributed by atoms with Crippen LogP contribution in [0.2, 0.25) is 0 Å². The van der Waals surface area contributed by atoms with E-state index in [0.29, 0.717) is 17.9 Å². The van der Waals surface area contributed by atoms with Crippen molar-refractivity contribution in [3.8, 4) is 5.82 Å². The first-order valence-electron chi connectivity index (χ1n) is 7.76. The maximum absolute atomic E-state index is 12.0. The van der Waals surface area contributed by atoms with Gasteiger partial charge in [-0.3, -0.25) is 14.2 Å². The monoisotopic (exact) mass is 335 g/mol. The number of aromatic nitrogens is 3. The Kier molecular flexibility index (Phi) is 5.16. The summed E-state index contributed by atoms with van der Waals surface area (Å²) in [7, 11) is 0. The molecule has 0 radical (unpaired) electrons. The Bertz CT molecular complexity index is 847. The molecule has 0 aliphatic heterocycles. The fourth-order valence-electron chi connectivity index (χ4n) is 2.29. The molecule has 1 aromatic carbocycles. The van der Waals surface area contributed by atoms with Crippen molar-refractivity contribution in [2.75, 3.05) is 6.54 Å². The number of carbonyl (C=O) groups is 2. The van der Waals surface area contributed by atoms with Crippen LogP contribution in [0, 0.1) is 0 Å². The normalized spacial score (nSPS) is 10.2. The standard InChI is InChI=1S/C18H17N5O2/c24-16(12-22-18(25)14-5-2-1-3-6-14)21-11-15-7-4-8-20-17(15)23-10-9-19-13-23/h1-10,13H,11-12H2,(H,21,24)(H,22,25). The van der Waals surface area contributed by atoms with E-state index in [0.717, 1.165) is 5.56 Å².